The molecule has 0 radical (unpaired) electrons. The van der Waals surface area contributed by atoms with Gasteiger partial charge in [-0.15, -0.1) is 0 Å². The zero-order chi connectivity index (χ0) is 18.3. The lowest BCUT2D eigenvalue weighted by Gasteiger charge is -2.55. The number of benzene rings is 1. The minimum atomic E-state index is -0.998. The monoisotopic (exact) mass is 356 g/mol. The van der Waals surface area contributed by atoms with Crippen LogP contribution in [0.5, 0.6) is 5.75 Å². The summed E-state index contributed by atoms with van der Waals surface area (Å²) in [5.41, 5.74) is 1.44. The molecule has 1 heterocycles. The van der Waals surface area contributed by atoms with Crippen LogP contribution in [0, 0.1) is 23.2 Å². The fourth-order valence-electron chi connectivity index (χ4n) is 7.22. The van der Waals surface area contributed by atoms with Gasteiger partial charge in [0.05, 0.1) is 6.42 Å². The van der Waals surface area contributed by atoms with Crippen molar-refractivity contribution in [2.75, 3.05) is 0 Å². The highest BCUT2D eigenvalue weighted by Gasteiger charge is 2.71. The second kappa shape index (κ2) is 5.25. The Labute approximate surface area is 154 Å². The van der Waals surface area contributed by atoms with Crippen LogP contribution in [0.2, 0.25) is 0 Å². The van der Waals surface area contributed by atoms with Gasteiger partial charge in [-0.3, -0.25) is 4.79 Å². The van der Waals surface area contributed by atoms with Crippen molar-refractivity contribution in [3.8, 4) is 5.75 Å². The second-order valence-corrected chi connectivity index (χ2v) is 9.32. The van der Waals surface area contributed by atoms with Gasteiger partial charge in [0.2, 0.25) is 0 Å². The molecule has 4 aliphatic rings. The van der Waals surface area contributed by atoms with E-state index in [4.69, 9.17) is 4.74 Å². The van der Waals surface area contributed by atoms with Crippen LogP contribution in [-0.4, -0.2) is 27.9 Å². The SMILES string of the molecule is CC[C@H]1C[C@@]2(C)[C@@H](CC3OC(=O)C[C@@]32O)[C@@H]2CCc3cc(O)ccc3[C@@H]12. The molecule has 1 unspecified atom stereocenters. The summed E-state index contributed by atoms with van der Waals surface area (Å²) in [7, 11) is 0. The molecule has 3 fully saturated rings. The highest BCUT2D eigenvalue weighted by Crippen LogP contribution is 2.68. The number of aliphatic hydroxyl groups is 1. The third-order valence-corrected chi connectivity index (χ3v) is 8.42. The summed E-state index contributed by atoms with van der Waals surface area (Å²) >= 11 is 0. The summed E-state index contributed by atoms with van der Waals surface area (Å²) in [4.78, 5) is 11.9. The number of aromatic hydroxyl groups is 1. The Morgan fingerprint density at radius 3 is 2.92 bits per heavy atom. The van der Waals surface area contributed by atoms with E-state index in [0.29, 0.717) is 29.4 Å². The van der Waals surface area contributed by atoms with Crippen molar-refractivity contribution >= 4 is 5.97 Å². The molecule has 0 aromatic heterocycles. The third kappa shape index (κ3) is 1.91. The fourth-order valence-corrected chi connectivity index (χ4v) is 7.22. The predicted molar refractivity (Wildman–Crippen MR) is 96.7 cm³/mol. The number of rotatable bonds is 1. The zero-order valence-corrected chi connectivity index (χ0v) is 15.6. The molecule has 3 aliphatic carbocycles. The van der Waals surface area contributed by atoms with Crippen molar-refractivity contribution in [2.45, 2.75) is 70.0 Å². The molecule has 2 N–H and O–H groups in total. The molecular weight excluding hydrogens is 328 g/mol. The number of hydrogen-bond acceptors (Lipinski definition) is 4. The average Bonchev–Trinajstić information content (AvgIpc) is 3.01. The van der Waals surface area contributed by atoms with Gasteiger partial charge in [0.15, 0.2) is 0 Å². The Bertz CT molecular complexity index is 773. The number of phenols is 1. The maximum absolute atomic E-state index is 11.9. The van der Waals surface area contributed by atoms with Crippen LogP contribution in [0.1, 0.15) is 63.0 Å². The number of phenolic OH excluding ortho intramolecular Hbond substituents is 1. The first-order valence-corrected chi connectivity index (χ1v) is 10.1. The molecule has 1 aromatic rings. The third-order valence-electron chi connectivity index (χ3n) is 8.42. The summed E-state index contributed by atoms with van der Waals surface area (Å²) in [6.07, 6.45) is 4.71. The zero-order valence-electron chi connectivity index (χ0n) is 15.6. The Morgan fingerprint density at radius 1 is 1.35 bits per heavy atom. The van der Waals surface area contributed by atoms with Crippen LogP contribution in [0.3, 0.4) is 0 Å². The van der Waals surface area contributed by atoms with Gasteiger partial charge in [0, 0.05) is 5.41 Å². The lowest BCUT2D eigenvalue weighted by molar-refractivity contribution is -0.142. The highest BCUT2D eigenvalue weighted by atomic mass is 16.6. The maximum atomic E-state index is 11.9. The number of carbonyl (C=O) groups is 1. The number of ether oxygens (including phenoxy) is 1. The van der Waals surface area contributed by atoms with E-state index in [1.807, 2.05) is 12.1 Å². The molecule has 0 spiro atoms. The smallest absolute Gasteiger partial charge is 0.309 e. The van der Waals surface area contributed by atoms with E-state index in [-0.39, 0.29) is 23.9 Å². The van der Waals surface area contributed by atoms with Crippen molar-refractivity contribution < 1.29 is 19.7 Å². The normalized spacial score (nSPS) is 46.1. The number of fused-ring (bicyclic) bond motifs is 7. The van der Waals surface area contributed by atoms with Gasteiger partial charge < -0.3 is 14.9 Å². The van der Waals surface area contributed by atoms with Gasteiger partial charge in [0.25, 0.3) is 0 Å². The number of aryl methyl sites for hydroxylation is 1. The summed E-state index contributed by atoms with van der Waals surface area (Å²) in [5, 5.41) is 21.4. The fraction of sp³-hybridized carbons (Fsp3) is 0.682. The topological polar surface area (TPSA) is 66.8 Å². The van der Waals surface area contributed by atoms with Gasteiger partial charge in [-0.2, -0.15) is 0 Å². The van der Waals surface area contributed by atoms with E-state index in [2.05, 4.69) is 19.9 Å². The quantitative estimate of drug-likeness (QED) is 0.755. The van der Waals surface area contributed by atoms with Crippen molar-refractivity contribution in [1.82, 2.24) is 0 Å². The summed E-state index contributed by atoms with van der Waals surface area (Å²) in [5.74, 6) is 2.00. The van der Waals surface area contributed by atoms with Crippen LogP contribution in [0.25, 0.3) is 0 Å². The summed E-state index contributed by atoms with van der Waals surface area (Å²) in [6, 6.07) is 5.88. The minimum Gasteiger partial charge on any atom is -0.508 e. The minimum absolute atomic E-state index is 0.156. The summed E-state index contributed by atoms with van der Waals surface area (Å²) in [6.45, 7) is 4.46. The van der Waals surface area contributed by atoms with E-state index in [0.717, 1.165) is 32.1 Å². The highest BCUT2D eigenvalue weighted by molar-refractivity contribution is 5.74. The molecule has 7 atom stereocenters. The van der Waals surface area contributed by atoms with Crippen molar-refractivity contribution in [2.24, 2.45) is 23.2 Å². The maximum Gasteiger partial charge on any atom is 0.309 e. The Hall–Kier alpha value is -1.55. The largest absolute Gasteiger partial charge is 0.508 e. The molecule has 4 nitrogen and oxygen atoms in total. The second-order valence-electron chi connectivity index (χ2n) is 9.32. The molecule has 26 heavy (non-hydrogen) atoms. The predicted octanol–water partition coefficient (Wildman–Crippen LogP) is 3.54. The molecule has 0 amide bonds. The Kier molecular flexibility index (Phi) is 3.35. The van der Waals surface area contributed by atoms with Gasteiger partial charge in [0.1, 0.15) is 17.5 Å². The first kappa shape index (κ1) is 16.6. The molecule has 1 aliphatic heterocycles. The first-order chi connectivity index (χ1) is 12.4. The van der Waals surface area contributed by atoms with E-state index < -0.39 is 5.60 Å². The van der Waals surface area contributed by atoms with Crippen LogP contribution in [0.15, 0.2) is 18.2 Å². The van der Waals surface area contributed by atoms with Gasteiger partial charge in [-0.05, 0) is 72.6 Å². The lowest BCUT2D eigenvalue weighted by Crippen LogP contribution is -2.54. The van der Waals surface area contributed by atoms with Crippen LogP contribution in [0.4, 0.5) is 0 Å². The lowest BCUT2D eigenvalue weighted by atomic mass is 9.49. The molecular formula is C22H28O4. The van der Waals surface area contributed by atoms with Gasteiger partial charge in [-0.25, -0.2) is 0 Å². The van der Waals surface area contributed by atoms with Crippen molar-refractivity contribution in [1.29, 1.82) is 0 Å². The first-order valence-electron chi connectivity index (χ1n) is 10.1. The molecule has 1 saturated heterocycles. The van der Waals surface area contributed by atoms with Gasteiger partial charge >= 0.3 is 5.97 Å². The number of carbonyl (C=O) groups excluding carboxylic acids is 1. The van der Waals surface area contributed by atoms with Crippen molar-refractivity contribution in [3.05, 3.63) is 29.3 Å². The molecule has 1 aromatic carbocycles. The molecule has 5 rings (SSSR count). The van der Waals surface area contributed by atoms with Gasteiger partial charge in [-0.1, -0.05) is 26.3 Å². The molecule has 0 bridgehead atoms. The number of hydrogen-bond donors (Lipinski definition) is 2. The molecule has 4 heteroatoms. The van der Waals surface area contributed by atoms with E-state index in [1.165, 1.54) is 11.1 Å². The van der Waals surface area contributed by atoms with E-state index >= 15 is 0 Å². The standard InChI is InChI=1S/C22H28O4/c1-3-12-10-21(2)17(9-18-22(21,25)11-19(24)26-18)16-6-4-13-8-14(23)5-7-15(13)20(12)16/h5,7-8,12,16-18,20,23,25H,3-4,6,9-11H2,1-2H3/t12-,16-,17-,18?,20+,21-,22+/m0/s1. The number of esters is 1. The molecule has 2 saturated carbocycles. The van der Waals surface area contributed by atoms with Crippen LogP contribution >= 0.6 is 0 Å². The van der Waals surface area contributed by atoms with Crippen LogP contribution < -0.4 is 0 Å². The van der Waals surface area contributed by atoms with E-state index in [1.54, 1.807) is 0 Å². The molecule has 140 valence electrons. The van der Waals surface area contributed by atoms with Crippen LogP contribution in [-0.2, 0) is 16.0 Å². The Morgan fingerprint density at radius 2 is 2.15 bits per heavy atom. The van der Waals surface area contributed by atoms with Crippen molar-refractivity contribution in [3.63, 3.8) is 0 Å². The average molecular weight is 356 g/mol. The Balaban J connectivity index is 1.59. The van der Waals surface area contributed by atoms with E-state index in [9.17, 15) is 15.0 Å². The summed E-state index contributed by atoms with van der Waals surface area (Å²) < 4.78 is 5.56.